The topological polar surface area (TPSA) is 93.5 Å². The average molecular weight is 279 g/mol. The second-order valence-electron chi connectivity index (χ2n) is 3.62. The number of hydrogen-bond donors (Lipinski definition) is 2. The van der Waals surface area contributed by atoms with Gasteiger partial charge in [-0.3, -0.25) is 20.2 Å². The summed E-state index contributed by atoms with van der Waals surface area (Å²) in [6, 6.07) is 4.45. The van der Waals surface area contributed by atoms with Gasteiger partial charge < -0.3 is 10.1 Å². The van der Waals surface area contributed by atoms with Gasteiger partial charge in [-0.1, -0.05) is 12.1 Å². The lowest BCUT2D eigenvalue weighted by Crippen LogP contribution is -2.21. The molecule has 1 aliphatic rings. The van der Waals surface area contributed by atoms with Crippen molar-refractivity contribution in [2.75, 3.05) is 7.11 Å². The van der Waals surface area contributed by atoms with Crippen molar-refractivity contribution in [2.45, 2.75) is 0 Å². The average Bonchev–Trinajstić information content (AvgIpc) is 2.67. The Kier molecular flexibility index (Phi) is 3.43. The van der Waals surface area contributed by atoms with Crippen LogP contribution in [0.1, 0.15) is 5.56 Å². The fourth-order valence-electron chi connectivity index (χ4n) is 1.66. The van der Waals surface area contributed by atoms with Crippen LogP contribution in [0.25, 0.3) is 6.08 Å². The highest BCUT2D eigenvalue weighted by atomic mass is 32.1. The first-order chi connectivity index (χ1) is 9.02. The second-order valence-corrected chi connectivity index (χ2v) is 4.03. The van der Waals surface area contributed by atoms with Crippen molar-refractivity contribution in [1.29, 1.82) is 0 Å². The highest BCUT2D eigenvalue weighted by Gasteiger charge is 2.22. The van der Waals surface area contributed by atoms with Gasteiger partial charge >= 0.3 is 5.69 Å². The van der Waals surface area contributed by atoms with Crippen molar-refractivity contribution < 1.29 is 14.5 Å². The van der Waals surface area contributed by atoms with Crippen LogP contribution in [0.5, 0.6) is 5.75 Å². The maximum absolute atomic E-state index is 11.5. The van der Waals surface area contributed by atoms with E-state index in [1.54, 1.807) is 6.07 Å². The van der Waals surface area contributed by atoms with Crippen molar-refractivity contribution in [2.24, 2.45) is 0 Å². The number of carbonyl (C=O) groups excluding carboxylic acids is 1. The molecule has 7 nitrogen and oxygen atoms in total. The zero-order chi connectivity index (χ0) is 14.0. The number of amides is 1. The molecule has 0 aliphatic carbocycles. The van der Waals surface area contributed by atoms with E-state index < -0.39 is 10.8 Å². The van der Waals surface area contributed by atoms with E-state index in [9.17, 15) is 14.9 Å². The van der Waals surface area contributed by atoms with Gasteiger partial charge in [0.1, 0.15) is 5.70 Å². The molecule has 1 fully saturated rings. The van der Waals surface area contributed by atoms with Gasteiger partial charge in [-0.05, 0) is 18.3 Å². The smallest absolute Gasteiger partial charge is 0.311 e. The zero-order valence-electron chi connectivity index (χ0n) is 9.80. The molecule has 0 aromatic heterocycles. The van der Waals surface area contributed by atoms with Gasteiger partial charge in [-0.15, -0.1) is 0 Å². The van der Waals surface area contributed by atoms with Crippen LogP contribution in [0.3, 0.4) is 0 Å². The summed E-state index contributed by atoms with van der Waals surface area (Å²) in [7, 11) is 1.33. The third-order valence-electron chi connectivity index (χ3n) is 2.45. The summed E-state index contributed by atoms with van der Waals surface area (Å²) in [5, 5.41) is 16.1. The minimum Gasteiger partial charge on any atom is -0.490 e. The number of carbonyl (C=O) groups is 1. The van der Waals surface area contributed by atoms with Gasteiger partial charge in [-0.25, -0.2) is 0 Å². The Morgan fingerprint density at radius 3 is 2.68 bits per heavy atom. The Labute approximate surface area is 113 Å². The molecule has 1 aromatic rings. The molecule has 8 heteroatoms. The van der Waals surface area contributed by atoms with Gasteiger partial charge in [0.05, 0.1) is 12.0 Å². The predicted octanol–water partition coefficient (Wildman–Crippen LogP) is 0.949. The van der Waals surface area contributed by atoms with E-state index in [1.165, 1.54) is 25.3 Å². The minimum absolute atomic E-state index is 0.0902. The summed E-state index contributed by atoms with van der Waals surface area (Å²) in [5.41, 5.74) is 0.459. The minimum atomic E-state index is -0.548. The van der Waals surface area contributed by atoms with E-state index in [0.717, 1.165) is 0 Å². The summed E-state index contributed by atoms with van der Waals surface area (Å²) in [4.78, 5) is 21.8. The van der Waals surface area contributed by atoms with Crippen LogP contribution in [0.4, 0.5) is 5.69 Å². The molecule has 0 saturated carbocycles. The van der Waals surface area contributed by atoms with E-state index in [-0.39, 0.29) is 22.2 Å². The Hall–Kier alpha value is -2.48. The Morgan fingerprint density at radius 2 is 2.16 bits per heavy atom. The fraction of sp³-hybridized carbons (Fsp3) is 0.0909. The van der Waals surface area contributed by atoms with Gasteiger partial charge in [-0.2, -0.15) is 0 Å². The number of nitrogens with one attached hydrogen (secondary N) is 2. The number of nitro benzene ring substituents is 1. The molecule has 1 amide bonds. The summed E-state index contributed by atoms with van der Waals surface area (Å²) in [5.74, 6) is -0.300. The first-order valence-corrected chi connectivity index (χ1v) is 5.59. The lowest BCUT2D eigenvalue weighted by atomic mass is 10.1. The normalized spacial score (nSPS) is 16.2. The summed E-state index contributed by atoms with van der Waals surface area (Å²) < 4.78 is 5.03. The number of rotatable bonds is 3. The van der Waals surface area contributed by atoms with Crippen LogP contribution in [0.15, 0.2) is 23.9 Å². The SMILES string of the molecule is COc1c(/C=C2/NC(=S)NC2=O)cccc1[N+](=O)[O-]. The Morgan fingerprint density at radius 1 is 1.42 bits per heavy atom. The van der Waals surface area contributed by atoms with E-state index in [4.69, 9.17) is 17.0 Å². The summed E-state index contributed by atoms with van der Waals surface area (Å²) in [6.07, 6.45) is 1.44. The zero-order valence-corrected chi connectivity index (χ0v) is 10.6. The van der Waals surface area contributed by atoms with Gasteiger partial charge in [0.15, 0.2) is 5.11 Å². The van der Waals surface area contributed by atoms with E-state index in [2.05, 4.69) is 10.6 Å². The molecule has 2 rings (SSSR count). The quantitative estimate of drug-likeness (QED) is 0.370. The van der Waals surface area contributed by atoms with Crippen LogP contribution in [0, 0.1) is 10.1 Å². The van der Waals surface area contributed by atoms with Crippen molar-refractivity contribution in [1.82, 2.24) is 10.6 Å². The highest BCUT2D eigenvalue weighted by Crippen LogP contribution is 2.31. The molecule has 1 saturated heterocycles. The van der Waals surface area contributed by atoms with Gasteiger partial charge in [0, 0.05) is 11.6 Å². The molecular weight excluding hydrogens is 270 g/mol. The largest absolute Gasteiger partial charge is 0.490 e. The molecular formula is C11H9N3O4S. The van der Waals surface area contributed by atoms with Crippen LogP contribution in [-0.2, 0) is 4.79 Å². The molecule has 0 radical (unpaired) electrons. The Bertz CT molecular complexity index is 612. The van der Waals surface area contributed by atoms with E-state index in [0.29, 0.717) is 5.56 Å². The third-order valence-corrected chi connectivity index (χ3v) is 2.65. The maximum atomic E-state index is 11.5. The van der Waals surface area contributed by atoms with Crippen molar-refractivity contribution in [3.63, 3.8) is 0 Å². The Balaban J connectivity index is 2.49. The van der Waals surface area contributed by atoms with Crippen LogP contribution in [0.2, 0.25) is 0 Å². The molecule has 0 bridgehead atoms. The van der Waals surface area contributed by atoms with E-state index >= 15 is 0 Å². The number of thiocarbonyl (C=S) groups is 1. The molecule has 98 valence electrons. The molecule has 2 N–H and O–H groups in total. The molecule has 1 heterocycles. The monoisotopic (exact) mass is 279 g/mol. The molecule has 1 aromatic carbocycles. The van der Waals surface area contributed by atoms with Crippen LogP contribution >= 0.6 is 12.2 Å². The predicted molar refractivity (Wildman–Crippen MR) is 71.5 cm³/mol. The molecule has 19 heavy (non-hydrogen) atoms. The van der Waals surface area contributed by atoms with Gasteiger partial charge in [0.2, 0.25) is 5.75 Å². The van der Waals surface area contributed by atoms with Crippen LogP contribution in [-0.4, -0.2) is 23.1 Å². The molecule has 0 unspecified atom stereocenters. The van der Waals surface area contributed by atoms with Crippen molar-refractivity contribution >= 4 is 35.0 Å². The lowest BCUT2D eigenvalue weighted by molar-refractivity contribution is -0.385. The van der Waals surface area contributed by atoms with Crippen molar-refractivity contribution in [3.05, 3.63) is 39.6 Å². The fourth-order valence-corrected chi connectivity index (χ4v) is 1.86. The van der Waals surface area contributed by atoms with Crippen molar-refractivity contribution in [3.8, 4) is 5.75 Å². The number of benzene rings is 1. The van der Waals surface area contributed by atoms with Gasteiger partial charge in [0.25, 0.3) is 5.91 Å². The molecule has 1 aliphatic heterocycles. The first kappa shape index (κ1) is 13.0. The molecule has 0 atom stereocenters. The number of methoxy groups -OCH3 is 1. The highest BCUT2D eigenvalue weighted by molar-refractivity contribution is 7.80. The number of nitrogens with zero attached hydrogens (tertiary/aromatic N) is 1. The second kappa shape index (κ2) is 5.02. The number of nitro groups is 1. The number of para-hydroxylation sites is 1. The molecule has 0 spiro atoms. The van der Waals surface area contributed by atoms with E-state index in [1.807, 2.05) is 0 Å². The van der Waals surface area contributed by atoms with Crippen LogP contribution < -0.4 is 15.4 Å². The first-order valence-electron chi connectivity index (χ1n) is 5.18. The standard InChI is InChI=1S/C11H9N3O4S/c1-18-9-6(3-2-4-8(9)14(16)17)5-7-10(15)13-11(19)12-7/h2-5H,1H3,(H2,12,13,15,19)/b7-5+. The number of hydrogen-bond acceptors (Lipinski definition) is 5. The number of ether oxygens (including phenoxy) is 1. The maximum Gasteiger partial charge on any atom is 0.311 e. The third kappa shape index (κ3) is 2.52. The summed E-state index contributed by atoms with van der Waals surface area (Å²) >= 11 is 4.79. The lowest BCUT2D eigenvalue weighted by Gasteiger charge is -2.05. The summed E-state index contributed by atoms with van der Waals surface area (Å²) in [6.45, 7) is 0.